The van der Waals surface area contributed by atoms with Crippen LogP contribution in [0.25, 0.3) is 10.9 Å². The molecule has 1 saturated heterocycles. The summed E-state index contributed by atoms with van der Waals surface area (Å²) in [5, 5.41) is 6.42. The second-order valence-electron chi connectivity index (χ2n) is 11.6. The molecule has 1 N–H and O–H groups in total. The van der Waals surface area contributed by atoms with Gasteiger partial charge in [-0.1, -0.05) is 77.3 Å². The number of nitrogens with one attached hydrogen (secondary N) is 1. The van der Waals surface area contributed by atoms with Crippen molar-refractivity contribution in [2.24, 2.45) is 0 Å². The molecular formula is C35H35Cl2N5. The Labute approximate surface area is 257 Å². The van der Waals surface area contributed by atoms with Crippen LogP contribution in [-0.2, 0) is 6.54 Å². The number of benzene rings is 3. The van der Waals surface area contributed by atoms with Gasteiger partial charge in [0.05, 0.1) is 24.1 Å². The Morgan fingerprint density at radius 3 is 2.21 bits per heavy atom. The highest BCUT2D eigenvalue weighted by Crippen LogP contribution is 2.36. The molecular weight excluding hydrogens is 561 g/mol. The number of nitrogens with zero attached hydrogens (tertiary/aromatic N) is 4. The Kier molecular flexibility index (Phi) is 8.00. The lowest BCUT2D eigenvalue weighted by Crippen LogP contribution is -2.47. The number of para-hydroxylation sites is 1. The summed E-state index contributed by atoms with van der Waals surface area (Å²) >= 11 is 12.5. The molecule has 4 aromatic rings. The molecule has 214 valence electrons. The average Bonchev–Trinajstić information content (AvgIpc) is 3.43. The third-order valence-corrected chi connectivity index (χ3v) is 9.40. The van der Waals surface area contributed by atoms with Crippen molar-refractivity contribution in [3.05, 3.63) is 123 Å². The van der Waals surface area contributed by atoms with Crippen LogP contribution in [0.4, 0.5) is 5.82 Å². The molecule has 0 radical (unpaired) electrons. The quantitative estimate of drug-likeness (QED) is 0.234. The Hall–Kier alpha value is -3.22. The molecule has 42 heavy (non-hydrogen) atoms. The molecule has 3 aromatic carbocycles. The maximum absolute atomic E-state index is 6.23. The third kappa shape index (κ3) is 5.84. The summed E-state index contributed by atoms with van der Waals surface area (Å²) in [6.07, 6.45) is 9.32. The third-order valence-electron chi connectivity index (χ3n) is 8.90. The minimum atomic E-state index is 0.147. The van der Waals surface area contributed by atoms with Gasteiger partial charge in [0, 0.05) is 41.6 Å². The van der Waals surface area contributed by atoms with Gasteiger partial charge in [-0.2, -0.15) is 0 Å². The number of rotatable bonds is 7. The minimum Gasteiger partial charge on any atom is -0.363 e. The standard InChI is InChI=1S/C35H35Cl2N5/c36-27-14-9-25(10-15-27)34(26-11-16-28(37)17-12-26)42-21-19-41(20-22-42)23-33-38-31-8-4-3-7-30(31)35(40-33)39-32-18-13-24-5-1-2-6-29(24)32/h2-4,6-12,14-17,32,34H,1,5,13,18-23H2,(H,38,39,40). The second kappa shape index (κ2) is 12.2. The molecule has 1 unspecified atom stereocenters. The zero-order valence-corrected chi connectivity index (χ0v) is 25.2. The van der Waals surface area contributed by atoms with Gasteiger partial charge in [-0.3, -0.25) is 9.80 Å². The predicted octanol–water partition coefficient (Wildman–Crippen LogP) is 8.06. The molecule has 2 heterocycles. The molecule has 7 rings (SSSR count). The van der Waals surface area contributed by atoms with E-state index in [9.17, 15) is 0 Å². The molecule has 2 aliphatic carbocycles. The van der Waals surface area contributed by atoms with Crippen molar-refractivity contribution in [1.82, 2.24) is 19.8 Å². The van der Waals surface area contributed by atoms with E-state index in [-0.39, 0.29) is 6.04 Å². The van der Waals surface area contributed by atoms with Crippen molar-refractivity contribution < 1.29 is 0 Å². The first kappa shape index (κ1) is 27.6. The van der Waals surface area contributed by atoms with E-state index in [0.29, 0.717) is 6.04 Å². The van der Waals surface area contributed by atoms with Crippen molar-refractivity contribution >= 4 is 39.9 Å². The Bertz CT molecular complexity index is 1580. The molecule has 0 bridgehead atoms. The highest BCUT2D eigenvalue weighted by atomic mass is 35.5. The zero-order chi connectivity index (χ0) is 28.5. The summed E-state index contributed by atoms with van der Waals surface area (Å²) in [6, 6.07) is 25.3. The van der Waals surface area contributed by atoms with Gasteiger partial charge in [-0.15, -0.1) is 0 Å². The Morgan fingerprint density at radius 1 is 0.810 bits per heavy atom. The molecule has 7 heteroatoms. The van der Waals surface area contributed by atoms with Gasteiger partial charge in [0.1, 0.15) is 11.6 Å². The molecule has 1 atom stereocenters. The average molecular weight is 597 g/mol. The first-order valence-corrected chi connectivity index (χ1v) is 15.7. The van der Waals surface area contributed by atoms with Crippen molar-refractivity contribution in [3.8, 4) is 0 Å². The van der Waals surface area contributed by atoms with Crippen LogP contribution in [0.2, 0.25) is 10.0 Å². The SMILES string of the molecule is Clc1ccc(C(c2ccc(Cl)cc2)N2CCN(Cc3nc(NC4CCC5=C4C=CCC5)c4ccccc4n3)CC2)cc1. The maximum Gasteiger partial charge on any atom is 0.145 e. The van der Waals surface area contributed by atoms with Crippen LogP contribution in [0.15, 0.2) is 96.1 Å². The van der Waals surface area contributed by atoms with E-state index in [2.05, 4.69) is 75.8 Å². The lowest BCUT2D eigenvalue weighted by atomic mass is 9.96. The Balaban J connectivity index is 1.08. The van der Waals surface area contributed by atoms with E-state index in [1.165, 1.54) is 36.0 Å². The molecule has 1 aromatic heterocycles. The van der Waals surface area contributed by atoms with Crippen LogP contribution < -0.4 is 5.32 Å². The second-order valence-corrected chi connectivity index (χ2v) is 12.4. The van der Waals surface area contributed by atoms with Gasteiger partial charge in [0.15, 0.2) is 0 Å². The predicted molar refractivity (Wildman–Crippen MR) is 173 cm³/mol. The summed E-state index contributed by atoms with van der Waals surface area (Å²) < 4.78 is 0. The zero-order valence-electron chi connectivity index (χ0n) is 23.6. The number of aromatic nitrogens is 2. The lowest BCUT2D eigenvalue weighted by molar-refractivity contribution is 0.103. The Morgan fingerprint density at radius 2 is 1.50 bits per heavy atom. The lowest BCUT2D eigenvalue weighted by Gasteiger charge is -2.39. The topological polar surface area (TPSA) is 44.3 Å². The van der Waals surface area contributed by atoms with Crippen LogP contribution >= 0.6 is 23.2 Å². The smallest absolute Gasteiger partial charge is 0.145 e. The van der Waals surface area contributed by atoms with Crippen molar-refractivity contribution in [2.75, 3.05) is 31.5 Å². The highest BCUT2D eigenvalue weighted by molar-refractivity contribution is 6.30. The number of hydrogen-bond acceptors (Lipinski definition) is 5. The van der Waals surface area contributed by atoms with Crippen molar-refractivity contribution in [2.45, 2.75) is 44.3 Å². The molecule has 1 fully saturated rings. The largest absolute Gasteiger partial charge is 0.363 e. The number of halogens is 2. The van der Waals surface area contributed by atoms with Crippen LogP contribution in [0.3, 0.4) is 0 Å². The fourth-order valence-corrected chi connectivity index (χ4v) is 6.99. The van der Waals surface area contributed by atoms with Crippen LogP contribution in [0.1, 0.15) is 48.7 Å². The van der Waals surface area contributed by atoms with Crippen molar-refractivity contribution in [1.29, 1.82) is 0 Å². The van der Waals surface area contributed by atoms with E-state index in [0.717, 1.165) is 71.7 Å². The van der Waals surface area contributed by atoms with Gasteiger partial charge in [-0.05, 0) is 78.8 Å². The molecule has 0 spiro atoms. The maximum atomic E-state index is 6.23. The molecule has 0 saturated carbocycles. The van der Waals surface area contributed by atoms with E-state index >= 15 is 0 Å². The van der Waals surface area contributed by atoms with Crippen LogP contribution in [0.5, 0.6) is 0 Å². The fraction of sp³-hybridized carbons (Fsp3) is 0.314. The normalized spacial score (nSPS) is 19.5. The molecule has 5 nitrogen and oxygen atoms in total. The van der Waals surface area contributed by atoms with Crippen LogP contribution in [0, 0.1) is 0 Å². The summed E-state index contributed by atoms with van der Waals surface area (Å²) in [6.45, 7) is 4.51. The van der Waals surface area contributed by atoms with Gasteiger partial charge >= 0.3 is 0 Å². The first-order valence-electron chi connectivity index (χ1n) is 15.0. The van der Waals surface area contributed by atoms with E-state index in [1.807, 2.05) is 24.3 Å². The number of fused-ring (bicyclic) bond motifs is 1. The van der Waals surface area contributed by atoms with Gasteiger partial charge in [0.25, 0.3) is 0 Å². The first-order chi connectivity index (χ1) is 20.6. The highest BCUT2D eigenvalue weighted by Gasteiger charge is 2.28. The molecule has 3 aliphatic rings. The summed E-state index contributed by atoms with van der Waals surface area (Å²) in [5.41, 5.74) is 6.56. The van der Waals surface area contributed by atoms with Gasteiger partial charge < -0.3 is 5.32 Å². The number of anilines is 1. The summed E-state index contributed by atoms with van der Waals surface area (Å²) in [5.74, 6) is 1.83. The van der Waals surface area contributed by atoms with Gasteiger partial charge in [0.2, 0.25) is 0 Å². The number of allylic oxidation sites excluding steroid dienone is 2. The van der Waals surface area contributed by atoms with E-state index < -0.39 is 0 Å². The van der Waals surface area contributed by atoms with E-state index in [1.54, 1.807) is 5.57 Å². The van der Waals surface area contributed by atoms with E-state index in [4.69, 9.17) is 33.2 Å². The molecule has 0 amide bonds. The summed E-state index contributed by atoms with van der Waals surface area (Å²) in [4.78, 5) is 15.1. The minimum absolute atomic E-state index is 0.147. The number of piperazine rings is 1. The number of hydrogen-bond donors (Lipinski definition) is 1. The summed E-state index contributed by atoms with van der Waals surface area (Å²) in [7, 11) is 0. The fourth-order valence-electron chi connectivity index (χ4n) is 6.74. The van der Waals surface area contributed by atoms with Crippen LogP contribution in [-0.4, -0.2) is 52.0 Å². The van der Waals surface area contributed by atoms with Crippen molar-refractivity contribution in [3.63, 3.8) is 0 Å². The monoisotopic (exact) mass is 595 g/mol. The molecule has 1 aliphatic heterocycles. The van der Waals surface area contributed by atoms with Gasteiger partial charge in [-0.25, -0.2) is 9.97 Å².